The van der Waals surface area contributed by atoms with Gasteiger partial charge in [0.15, 0.2) is 0 Å². The van der Waals surface area contributed by atoms with E-state index >= 15 is 13.2 Å². The van der Waals surface area contributed by atoms with Crippen molar-refractivity contribution in [2.24, 2.45) is 0 Å². The number of hydrogen-bond donors (Lipinski definition) is 0. The number of para-hydroxylation sites is 1. The molecule has 0 aliphatic carbocycles. The molecule has 2 atom stereocenters. The molecular weight excluding hydrogens is 547 g/mol. The van der Waals surface area contributed by atoms with E-state index in [4.69, 9.17) is 21.1 Å². The summed E-state index contributed by atoms with van der Waals surface area (Å²) in [4.78, 5) is 29.4. The van der Waals surface area contributed by atoms with Crippen molar-refractivity contribution in [2.45, 2.75) is 30.7 Å². The van der Waals surface area contributed by atoms with Gasteiger partial charge in [0.05, 0.1) is 36.3 Å². The number of carbonyl (C=O) groups is 2. The van der Waals surface area contributed by atoms with Crippen LogP contribution in [-0.2, 0) is 31.9 Å². The zero-order chi connectivity index (χ0) is 28.4. The lowest BCUT2D eigenvalue weighted by molar-refractivity contribution is -0.236. The van der Waals surface area contributed by atoms with E-state index < -0.39 is 34.6 Å². The van der Waals surface area contributed by atoms with Crippen molar-refractivity contribution in [1.29, 1.82) is 0 Å². The molecule has 1 amide bonds. The fourth-order valence-electron chi connectivity index (χ4n) is 5.85. The number of ether oxygens (including phenoxy) is 2. The van der Waals surface area contributed by atoms with Crippen LogP contribution in [0.1, 0.15) is 22.4 Å². The lowest BCUT2D eigenvalue weighted by Gasteiger charge is -2.39. The van der Waals surface area contributed by atoms with Crippen LogP contribution in [0.5, 0.6) is 5.88 Å². The number of amides is 1. The van der Waals surface area contributed by atoms with E-state index in [2.05, 4.69) is 5.10 Å². The van der Waals surface area contributed by atoms with Crippen molar-refractivity contribution in [3.63, 3.8) is 0 Å². The van der Waals surface area contributed by atoms with Gasteiger partial charge >= 0.3 is 12.1 Å². The highest BCUT2D eigenvalue weighted by molar-refractivity contribution is 6.31. The van der Waals surface area contributed by atoms with Gasteiger partial charge in [-0.05, 0) is 42.8 Å². The molecule has 6 rings (SSSR count). The molecule has 0 unspecified atom stereocenters. The number of hydrogen-bond acceptors (Lipinski definition) is 5. The molecular formula is C29H21ClF3N3O4. The topological polar surface area (TPSA) is 73.7 Å². The van der Waals surface area contributed by atoms with Gasteiger partial charge in [0.25, 0.3) is 5.91 Å². The summed E-state index contributed by atoms with van der Waals surface area (Å²) in [6.07, 6.45) is -5.36. The van der Waals surface area contributed by atoms with Crippen molar-refractivity contribution >= 4 is 29.2 Å². The molecule has 4 aromatic rings. The minimum absolute atomic E-state index is 0.0643. The van der Waals surface area contributed by atoms with Gasteiger partial charge in [-0.2, -0.15) is 18.3 Å². The van der Waals surface area contributed by atoms with Gasteiger partial charge < -0.3 is 14.4 Å². The number of benzene rings is 3. The van der Waals surface area contributed by atoms with Crippen LogP contribution in [0, 0.1) is 6.92 Å². The van der Waals surface area contributed by atoms with Crippen molar-refractivity contribution in [3.8, 4) is 11.6 Å². The Bertz CT molecular complexity index is 1660. The second-order valence-corrected chi connectivity index (χ2v) is 10.0. The van der Waals surface area contributed by atoms with Crippen LogP contribution in [0.25, 0.3) is 5.69 Å². The third-order valence-electron chi connectivity index (χ3n) is 7.45. The Morgan fingerprint density at radius 1 is 1.05 bits per heavy atom. The van der Waals surface area contributed by atoms with Gasteiger partial charge in [-0.3, -0.25) is 9.59 Å². The molecule has 0 saturated heterocycles. The third kappa shape index (κ3) is 3.22. The minimum atomic E-state index is -5.36. The molecule has 1 spiro atoms. The van der Waals surface area contributed by atoms with E-state index in [1.54, 1.807) is 60.7 Å². The summed E-state index contributed by atoms with van der Waals surface area (Å²) in [7, 11) is 0.846. The Labute approximate surface area is 231 Å². The first-order chi connectivity index (χ1) is 19.1. The molecule has 0 saturated carbocycles. The standard InChI is InChI=1S/C29H21ClF3N3O4/c1-17-23-24(36(34-17)20-11-7-4-8-12-20)40-28(27(23,26(38)39-2)29(31,32)33)21-15-19(30)13-14-22(21)35(25(28)37)16-18-9-5-3-6-10-18/h3-15H,16H2,1-2H3/t27-,28-/m0/s1. The van der Waals surface area contributed by atoms with Gasteiger partial charge in [0.1, 0.15) is 0 Å². The number of methoxy groups -OCH3 is 1. The molecule has 3 heterocycles. The van der Waals surface area contributed by atoms with Crippen molar-refractivity contribution in [3.05, 3.63) is 106 Å². The Hall–Kier alpha value is -4.31. The number of rotatable bonds is 4. The highest BCUT2D eigenvalue weighted by Crippen LogP contribution is 2.67. The van der Waals surface area contributed by atoms with Crippen LogP contribution in [0.2, 0.25) is 5.02 Å². The number of alkyl halides is 3. The predicted molar refractivity (Wildman–Crippen MR) is 139 cm³/mol. The summed E-state index contributed by atoms with van der Waals surface area (Å²) in [5, 5.41) is 4.37. The highest BCUT2D eigenvalue weighted by Gasteiger charge is 2.85. The molecule has 40 heavy (non-hydrogen) atoms. The van der Waals surface area contributed by atoms with Gasteiger partial charge in [-0.1, -0.05) is 60.1 Å². The average Bonchev–Trinajstić information content (AvgIpc) is 3.52. The summed E-state index contributed by atoms with van der Waals surface area (Å²) in [5.41, 5.74) is -6.26. The highest BCUT2D eigenvalue weighted by atomic mass is 35.5. The monoisotopic (exact) mass is 567 g/mol. The zero-order valence-corrected chi connectivity index (χ0v) is 22.0. The molecule has 0 fully saturated rings. The van der Waals surface area contributed by atoms with E-state index in [1.807, 2.05) is 0 Å². The maximum Gasteiger partial charge on any atom is 0.414 e. The first-order valence-corrected chi connectivity index (χ1v) is 12.6. The van der Waals surface area contributed by atoms with Gasteiger partial charge in [-0.15, -0.1) is 0 Å². The van der Waals surface area contributed by atoms with Crippen LogP contribution in [-0.4, -0.2) is 34.9 Å². The molecule has 1 aromatic heterocycles. The Morgan fingerprint density at radius 2 is 1.70 bits per heavy atom. The van der Waals surface area contributed by atoms with E-state index in [-0.39, 0.29) is 34.4 Å². The number of halogens is 4. The Balaban J connectivity index is 1.70. The van der Waals surface area contributed by atoms with Crippen LogP contribution in [0.3, 0.4) is 0 Å². The largest absolute Gasteiger partial charge is 0.468 e. The van der Waals surface area contributed by atoms with Gasteiger partial charge in [-0.25, -0.2) is 4.68 Å². The lowest BCUT2D eigenvalue weighted by Crippen LogP contribution is -2.66. The first kappa shape index (κ1) is 25.9. The van der Waals surface area contributed by atoms with Crippen molar-refractivity contribution < 1.29 is 32.2 Å². The molecule has 7 nitrogen and oxygen atoms in total. The Morgan fingerprint density at radius 3 is 2.33 bits per heavy atom. The summed E-state index contributed by atoms with van der Waals surface area (Å²) in [6, 6.07) is 21.3. The third-order valence-corrected chi connectivity index (χ3v) is 7.68. The maximum atomic E-state index is 15.7. The van der Waals surface area contributed by atoms with E-state index in [0.717, 1.165) is 7.11 Å². The van der Waals surface area contributed by atoms with Crippen LogP contribution in [0.4, 0.5) is 18.9 Å². The van der Waals surface area contributed by atoms with Gasteiger partial charge in [0, 0.05) is 10.6 Å². The number of fused-ring (bicyclic) bond motifs is 3. The number of carbonyl (C=O) groups excluding carboxylic acids is 2. The van der Waals surface area contributed by atoms with Crippen LogP contribution in [0.15, 0.2) is 78.9 Å². The van der Waals surface area contributed by atoms with E-state index in [0.29, 0.717) is 11.3 Å². The molecule has 0 radical (unpaired) electrons. The number of esters is 1. The normalized spacial score (nSPS) is 21.4. The quantitative estimate of drug-likeness (QED) is 0.298. The van der Waals surface area contributed by atoms with Gasteiger partial charge in [0.2, 0.25) is 16.9 Å². The molecule has 2 aliphatic heterocycles. The maximum absolute atomic E-state index is 15.7. The number of anilines is 1. The average molecular weight is 568 g/mol. The summed E-state index contributed by atoms with van der Waals surface area (Å²) in [6.45, 7) is 1.26. The summed E-state index contributed by atoms with van der Waals surface area (Å²) < 4.78 is 59.4. The minimum Gasteiger partial charge on any atom is -0.468 e. The molecule has 204 valence electrons. The number of nitrogens with zero attached hydrogens (tertiary/aromatic N) is 3. The van der Waals surface area contributed by atoms with Crippen molar-refractivity contribution in [1.82, 2.24) is 9.78 Å². The summed E-state index contributed by atoms with van der Waals surface area (Å²) in [5.74, 6) is -3.16. The Kier molecular flexibility index (Phi) is 5.74. The zero-order valence-electron chi connectivity index (χ0n) is 21.2. The molecule has 0 N–H and O–H groups in total. The number of aryl methyl sites for hydroxylation is 1. The second kappa shape index (κ2) is 8.85. The second-order valence-electron chi connectivity index (χ2n) is 9.57. The molecule has 0 bridgehead atoms. The fraction of sp³-hybridized carbons (Fsp3) is 0.207. The summed E-state index contributed by atoms with van der Waals surface area (Å²) >= 11 is 6.30. The van der Waals surface area contributed by atoms with E-state index in [1.165, 1.54) is 34.7 Å². The molecule has 2 aliphatic rings. The molecule has 11 heteroatoms. The van der Waals surface area contributed by atoms with Crippen molar-refractivity contribution in [2.75, 3.05) is 12.0 Å². The lowest BCUT2D eigenvalue weighted by atomic mass is 9.65. The first-order valence-electron chi connectivity index (χ1n) is 12.2. The fourth-order valence-corrected chi connectivity index (χ4v) is 6.03. The van der Waals surface area contributed by atoms with E-state index in [9.17, 15) is 9.59 Å². The SMILES string of the molecule is COC(=O)[C@@]1(C(F)(F)F)c2c(C)nn(-c3ccccc3)c2O[C@@]12C(=O)N(Cc1ccccc1)c1ccc(Cl)cc12. The van der Waals surface area contributed by atoms with Crippen LogP contribution >= 0.6 is 11.6 Å². The smallest absolute Gasteiger partial charge is 0.414 e. The predicted octanol–water partition coefficient (Wildman–Crippen LogP) is 5.64. The number of aromatic nitrogens is 2. The van der Waals surface area contributed by atoms with Crippen LogP contribution < -0.4 is 9.64 Å². The molecule has 3 aromatic carbocycles.